The number of aliphatic imine (C=N–C) groups is 1. The van der Waals surface area contributed by atoms with E-state index in [9.17, 15) is 9.90 Å². The molecule has 3 aromatic rings. The van der Waals surface area contributed by atoms with Crippen molar-refractivity contribution in [2.24, 2.45) is 4.99 Å². The number of nitrogens with one attached hydrogen (secondary N) is 1. The Hall–Kier alpha value is -3.17. The number of halogens is 1. The van der Waals surface area contributed by atoms with Crippen LogP contribution in [-0.4, -0.2) is 35.1 Å². The molecule has 7 nitrogen and oxygen atoms in total. The summed E-state index contributed by atoms with van der Waals surface area (Å²) in [5, 5.41) is 11.0. The lowest BCUT2D eigenvalue weighted by atomic mass is 10.1. The van der Waals surface area contributed by atoms with Crippen molar-refractivity contribution in [2.75, 3.05) is 14.2 Å². The molecule has 0 amide bonds. The van der Waals surface area contributed by atoms with Crippen molar-refractivity contribution in [3.8, 4) is 23.1 Å². The van der Waals surface area contributed by atoms with Gasteiger partial charge in [-0.2, -0.15) is 0 Å². The average molecular weight is 486 g/mol. The molecular formula is C21H16BrN3O4S. The van der Waals surface area contributed by atoms with Crippen molar-refractivity contribution >= 4 is 51.7 Å². The molecule has 2 aromatic carbocycles. The maximum atomic E-state index is 12.6. The summed E-state index contributed by atoms with van der Waals surface area (Å²) >= 11 is 8.75. The van der Waals surface area contributed by atoms with Gasteiger partial charge in [-0.25, -0.2) is 0 Å². The van der Waals surface area contributed by atoms with Gasteiger partial charge in [0.25, 0.3) is 5.56 Å². The average Bonchev–Trinajstić information content (AvgIpc) is 3.12. The Balaban J connectivity index is 1.92. The van der Waals surface area contributed by atoms with Crippen LogP contribution < -0.4 is 15.0 Å². The van der Waals surface area contributed by atoms with Crippen LogP contribution in [0, 0.1) is 4.77 Å². The highest BCUT2D eigenvalue weighted by molar-refractivity contribution is 9.10. The fourth-order valence-electron chi connectivity index (χ4n) is 3.19. The van der Waals surface area contributed by atoms with E-state index >= 15 is 0 Å². The first-order chi connectivity index (χ1) is 14.4. The molecule has 0 bridgehead atoms. The SMILES string of the molecule is COc1ccc(-n2c(O)c(C=C3C=Nc4ccc(Br)cc43)c(=O)[nH]c2=S)c(OC)c1. The quantitative estimate of drug-likeness (QED) is 0.525. The number of rotatable bonds is 4. The van der Waals surface area contributed by atoms with Crippen LogP contribution in [0.2, 0.25) is 0 Å². The Labute approximate surface area is 185 Å². The second-order valence-electron chi connectivity index (χ2n) is 6.39. The number of hydrogen-bond acceptors (Lipinski definition) is 6. The van der Waals surface area contributed by atoms with E-state index < -0.39 is 5.56 Å². The van der Waals surface area contributed by atoms with Crippen LogP contribution in [0.25, 0.3) is 17.3 Å². The van der Waals surface area contributed by atoms with Crippen molar-refractivity contribution in [1.29, 1.82) is 0 Å². The maximum absolute atomic E-state index is 12.6. The monoisotopic (exact) mass is 485 g/mol. The third kappa shape index (κ3) is 3.46. The third-order valence-corrected chi connectivity index (χ3v) is 5.44. The molecule has 1 aromatic heterocycles. The topological polar surface area (TPSA) is 88.8 Å². The number of allylic oxidation sites excluding steroid dienone is 1. The molecule has 1 aliphatic heterocycles. The summed E-state index contributed by atoms with van der Waals surface area (Å²) in [6.45, 7) is 0. The summed E-state index contributed by atoms with van der Waals surface area (Å²) in [6, 6.07) is 10.7. The van der Waals surface area contributed by atoms with Gasteiger partial charge >= 0.3 is 0 Å². The summed E-state index contributed by atoms with van der Waals surface area (Å²) in [6.07, 6.45) is 3.23. The predicted molar refractivity (Wildman–Crippen MR) is 122 cm³/mol. The Bertz CT molecular complexity index is 1340. The molecule has 0 atom stereocenters. The molecule has 0 aliphatic carbocycles. The number of ether oxygens (including phenoxy) is 2. The van der Waals surface area contributed by atoms with Crippen LogP contribution >= 0.6 is 28.1 Å². The molecule has 152 valence electrons. The highest BCUT2D eigenvalue weighted by Crippen LogP contribution is 2.36. The second-order valence-corrected chi connectivity index (χ2v) is 7.69. The van der Waals surface area contributed by atoms with E-state index in [0.29, 0.717) is 22.8 Å². The number of H-pyrrole nitrogens is 1. The molecule has 0 unspecified atom stereocenters. The molecule has 2 heterocycles. The van der Waals surface area contributed by atoms with Gasteiger partial charge in [-0.3, -0.25) is 19.3 Å². The van der Waals surface area contributed by atoms with Crippen molar-refractivity contribution in [3.05, 3.63) is 67.1 Å². The van der Waals surface area contributed by atoms with E-state index in [1.165, 1.54) is 11.7 Å². The van der Waals surface area contributed by atoms with E-state index in [0.717, 1.165) is 15.7 Å². The smallest absolute Gasteiger partial charge is 0.262 e. The van der Waals surface area contributed by atoms with Crippen LogP contribution in [0.3, 0.4) is 0 Å². The van der Waals surface area contributed by atoms with Crippen LogP contribution in [0.4, 0.5) is 5.69 Å². The van der Waals surface area contributed by atoms with Crippen LogP contribution in [0.5, 0.6) is 17.4 Å². The largest absolute Gasteiger partial charge is 0.497 e. The summed E-state index contributed by atoms with van der Waals surface area (Å²) in [4.78, 5) is 19.6. The molecule has 1 aliphatic rings. The van der Waals surface area contributed by atoms with Gasteiger partial charge in [0.1, 0.15) is 17.1 Å². The van der Waals surface area contributed by atoms with Gasteiger partial charge in [-0.15, -0.1) is 0 Å². The van der Waals surface area contributed by atoms with Gasteiger partial charge in [0.2, 0.25) is 5.88 Å². The van der Waals surface area contributed by atoms with Gasteiger partial charge in [-0.1, -0.05) is 15.9 Å². The predicted octanol–water partition coefficient (Wildman–Crippen LogP) is 4.64. The lowest BCUT2D eigenvalue weighted by molar-refractivity contribution is 0.388. The lowest BCUT2D eigenvalue weighted by Crippen LogP contribution is -2.16. The van der Waals surface area contributed by atoms with Gasteiger partial charge < -0.3 is 14.6 Å². The van der Waals surface area contributed by atoms with Gasteiger partial charge in [-0.05, 0) is 48.6 Å². The summed E-state index contributed by atoms with van der Waals surface area (Å²) in [7, 11) is 3.04. The van der Waals surface area contributed by atoms with Crippen molar-refractivity contribution in [1.82, 2.24) is 9.55 Å². The normalized spacial score (nSPS) is 13.5. The van der Waals surface area contributed by atoms with Crippen molar-refractivity contribution < 1.29 is 14.6 Å². The number of hydrogen-bond donors (Lipinski definition) is 2. The molecule has 0 spiro atoms. The van der Waals surface area contributed by atoms with Crippen LogP contribution in [0.1, 0.15) is 11.1 Å². The highest BCUT2D eigenvalue weighted by atomic mass is 79.9. The van der Waals surface area contributed by atoms with E-state index in [1.54, 1.807) is 37.6 Å². The maximum Gasteiger partial charge on any atom is 0.262 e. The minimum Gasteiger partial charge on any atom is -0.497 e. The molecule has 30 heavy (non-hydrogen) atoms. The highest BCUT2D eigenvalue weighted by Gasteiger charge is 2.19. The molecule has 0 fully saturated rings. The fourth-order valence-corrected chi connectivity index (χ4v) is 3.83. The Kier molecular flexibility index (Phi) is 5.31. The zero-order valence-corrected chi connectivity index (χ0v) is 18.4. The molecule has 0 saturated carbocycles. The Morgan fingerprint density at radius 2 is 2.00 bits per heavy atom. The second kappa shape index (κ2) is 7.92. The van der Waals surface area contributed by atoms with Crippen LogP contribution in [-0.2, 0) is 0 Å². The zero-order valence-electron chi connectivity index (χ0n) is 16.0. The molecule has 0 radical (unpaired) electrons. The minimum atomic E-state index is -0.509. The molecule has 4 rings (SSSR count). The first kappa shape index (κ1) is 20.1. The Morgan fingerprint density at radius 1 is 1.20 bits per heavy atom. The Morgan fingerprint density at radius 3 is 2.73 bits per heavy atom. The summed E-state index contributed by atoms with van der Waals surface area (Å²) < 4.78 is 12.9. The van der Waals surface area contributed by atoms with Crippen molar-refractivity contribution in [2.45, 2.75) is 0 Å². The minimum absolute atomic E-state index is 0.0337. The molecule has 2 N–H and O–H groups in total. The number of aromatic amines is 1. The van der Waals surface area contributed by atoms with Gasteiger partial charge in [0, 0.05) is 27.9 Å². The zero-order chi connectivity index (χ0) is 21.4. The summed E-state index contributed by atoms with van der Waals surface area (Å²) in [5.74, 6) is 0.692. The number of methoxy groups -OCH3 is 2. The number of benzene rings is 2. The standard InChI is InChI=1S/C21H16BrN3O4S/c1-28-13-4-6-17(18(9-13)29-2)25-20(27)15(19(26)24-21(25)30)7-11-10-23-16-5-3-12(22)8-14(11)16/h3-10,27H,1-2H3,(H,24,26,30). The first-order valence-corrected chi connectivity index (χ1v) is 9.99. The number of nitrogens with zero attached hydrogens (tertiary/aromatic N) is 2. The third-order valence-electron chi connectivity index (χ3n) is 4.66. The van der Waals surface area contributed by atoms with E-state index in [1.807, 2.05) is 18.2 Å². The first-order valence-electron chi connectivity index (χ1n) is 8.79. The van der Waals surface area contributed by atoms with E-state index in [2.05, 4.69) is 25.9 Å². The fraction of sp³-hybridized carbons (Fsp3) is 0.0952. The number of fused-ring (bicyclic) bond motifs is 1. The van der Waals surface area contributed by atoms with E-state index in [-0.39, 0.29) is 16.2 Å². The van der Waals surface area contributed by atoms with Gasteiger partial charge in [0.15, 0.2) is 4.77 Å². The molecular weight excluding hydrogens is 470 g/mol. The number of aromatic hydroxyl groups is 1. The van der Waals surface area contributed by atoms with Crippen molar-refractivity contribution in [3.63, 3.8) is 0 Å². The lowest BCUT2D eigenvalue weighted by Gasteiger charge is -2.15. The van der Waals surface area contributed by atoms with E-state index in [4.69, 9.17) is 21.7 Å². The summed E-state index contributed by atoms with van der Waals surface area (Å²) in [5.41, 5.74) is 2.32. The number of aromatic nitrogens is 2. The van der Waals surface area contributed by atoms with Crippen LogP contribution in [0.15, 0.2) is 50.7 Å². The van der Waals surface area contributed by atoms with Gasteiger partial charge in [0.05, 0.1) is 25.6 Å². The molecule has 0 saturated heterocycles. The molecule has 9 heteroatoms.